The van der Waals surface area contributed by atoms with Crippen LogP contribution in [0.2, 0.25) is 5.02 Å². The summed E-state index contributed by atoms with van der Waals surface area (Å²) in [5, 5.41) is 12.9. The van der Waals surface area contributed by atoms with Gasteiger partial charge in [-0.15, -0.1) is 0 Å². The van der Waals surface area contributed by atoms with E-state index >= 15 is 0 Å². The first-order valence-corrected chi connectivity index (χ1v) is 9.80. The third-order valence-electron chi connectivity index (χ3n) is 4.68. The number of fused-ring (bicyclic) bond motifs is 1. The zero-order chi connectivity index (χ0) is 21.1. The lowest BCUT2D eigenvalue weighted by Crippen LogP contribution is -2.26. The first-order chi connectivity index (χ1) is 13.8. The third kappa shape index (κ3) is 4.49. The van der Waals surface area contributed by atoms with Crippen molar-refractivity contribution in [3.05, 3.63) is 35.0 Å². The van der Waals surface area contributed by atoms with Gasteiger partial charge >= 0.3 is 0 Å². The number of hydrogen-bond acceptors (Lipinski definition) is 6. The van der Waals surface area contributed by atoms with Crippen molar-refractivity contribution in [2.75, 3.05) is 25.6 Å². The number of aliphatic hydroxyl groups excluding tert-OH is 1. The molecule has 0 saturated heterocycles. The maximum Gasteiger partial charge on any atom is 0.223 e. The molecule has 2 aromatic heterocycles. The fourth-order valence-corrected chi connectivity index (χ4v) is 3.55. The van der Waals surface area contributed by atoms with Crippen molar-refractivity contribution in [2.45, 2.75) is 39.3 Å². The van der Waals surface area contributed by atoms with Gasteiger partial charge in [0, 0.05) is 25.3 Å². The largest absolute Gasteiger partial charge is 0.394 e. The molecular weight excluding hydrogens is 397 g/mol. The number of aromatic nitrogens is 4. The maximum absolute atomic E-state index is 14.8. The number of nitrogens with one attached hydrogen (secondary N) is 1. The summed E-state index contributed by atoms with van der Waals surface area (Å²) < 4.78 is 21.8. The van der Waals surface area contributed by atoms with Crippen molar-refractivity contribution >= 4 is 28.6 Å². The minimum Gasteiger partial charge on any atom is -0.394 e. The van der Waals surface area contributed by atoms with Gasteiger partial charge in [-0.25, -0.2) is 19.3 Å². The van der Waals surface area contributed by atoms with E-state index in [9.17, 15) is 9.50 Å². The Balaban J connectivity index is 2.04. The molecule has 2 N–H and O–H groups in total. The molecule has 0 amide bonds. The van der Waals surface area contributed by atoms with Crippen LogP contribution in [0.25, 0.3) is 22.3 Å². The Hall–Kier alpha value is -2.29. The SMILES string of the molecule is COCC[C@@H](CO)Nc1ncc(Cl)c(-c2cc(F)c3nc(C)n(C(C)C)c3c2)n1. The highest BCUT2D eigenvalue weighted by atomic mass is 35.5. The van der Waals surface area contributed by atoms with Gasteiger partial charge in [0.2, 0.25) is 5.95 Å². The van der Waals surface area contributed by atoms with E-state index in [1.807, 2.05) is 31.4 Å². The summed E-state index contributed by atoms with van der Waals surface area (Å²) >= 11 is 6.33. The molecule has 2 heterocycles. The lowest BCUT2D eigenvalue weighted by molar-refractivity contribution is 0.174. The molecule has 1 aromatic carbocycles. The smallest absolute Gasteiger partial charge is 0.223 e. The highest BCUT2D eigenvalue weighted by Gasteiger charge is 2.18. The van der Waals surface area contributed by atoms with Crippen LogP contribution in [-0.4, -0.2) is 51.0 Å². The van der Waals surface area contributed by atoms with Crippen LogP contribution in [0.4, 0.5) is 10.3 Å². The van der Waals surface area contributed by atoms with Gasteiger partial charge in [0.1, 0.15) is 11.3 Å². The fourth-order valence-electron chi connectivity index (χ4n) is 3.35. The van der Waals surface area contributed by atoms with E-state index in [1.54, 1.807) is 7.11 Å². The molecule has 0 aliphatic carbocycles. The predicted molar refractivity (Wildman–Crippen MR) is 112 cm³/mol. The average Bonchev–Trinajstić information content (AvgIpc) is 3.03. The van der Waals surface area contributed by atoms with Crippen LogP contribution in [0.1, 0.15) is 32.1 Å². The normalized spacial score (nSPS) is 12.7. The molecule has 3 rings (SSSR count). The van der Waals surface area contributed by atoms with Crippen LogP contribution in [0, 0.1) is 12.7 Å². The number of nitrogens with zero attached hydrogens (tertiary/aromatic N) is 4. The van der Waals surface area contributed by atoms with Crippen LogP contribution in [0.5, 0.6) is 0 Å². The number of ether oxygens (including phenoxy) is 1. The first-order valence-electron chi connectivity index (χ1n) is 9.43. The number of hydrogen-bond donors (Lipinski definition) is 2. The number of aryl methyl sites for hydroxylation is 1. The number of methoxy groups -OCH3 is 1. The zero-order valence-electron chi connectivity index (χ0n) is 16.9. The van der Waals surface area contributed by atoms with Crippen LogP contribution in [0.3, 0.4) is 0 Å². The minimum atomic E-state index is -0.433. The Morgan fingerprint density at radius 1 is 1.31 bits per heavy atom. The maximum atomic E-state index is 14.8. The molecule has 3 aromatic rings. The Labute approximate surface area is 173 Å². The topological polar surface area (TPSA) is 85.1 Å². The van der Waals surface area contributed by atoms with E-state index in [-0.39, 0.29) is 18.7 Å². The fraction of sp³-hybridized carbons (Fsp3) is 0.450. The molecule has 0 radical (unpaired) electrons. The Kier molecular flexibility index (Phi) is 6.66. The lowest BCUT2D eigenvalue weighted by Gasteiger charge is -2.16. The molecule has 0 saturated carbocycles. The molecule has 9 heteroatoms. The molecule has 0 fully saturated rings. The highest BCUT2D eigenvalue weighted by molar-refractivity contribution is 6.33. The van der Waals surface area contributed by atoms with Crippen LogP contribution < -0.4 is 5.32 Å². The van der Waals surface area contributed by atoms with E-state index in [0.29, 0.717) is 46.3 Å². The minimum absolute atomic E-state index is 0.0991. The van der Waals surface area contributed by atoms with Crippen LogP contribution in [0.15, 0.2) is 18.3 Å². The summed E-state index contributed by atoms with van der Waals surface area (Å²) in [7, 11) is 1.60. The van der Waals surface area contributed by atoms with Crippen molar-refractivity contribution in [2.24, 2.45) is 0 Å². The second-order valence-corrected chi connectivity index (χ2v) is 7.55. The number of halogens is 2. The van der Waals surface area contributed by atoms with Gasteiger partial charge in [0.15, 0.2) is 5.82 Å². The quantitative estimate of drug-likeness (QED) is 0.572. The van der Waals surface area contributed by atoms with Crippen molar-refractivity contribution in [1.29, 1.82) is 0 Å². The summed E-state index contributed by atoms with van der Waals surface area (Å²) in [4.78, 5) is 13.0. The standard InChI is InChI=1S/C20H25ClFN5O2/c1-11(2)27-12(3)24-19-16(22)7-13(8-17(19)27)18-15(21)9-23-20(26-18)25-14(10-28)5-6-29-4/h7-9,11,14,28H,5-6,10H2,1-4H3,(H,23,25,26)/t14-/m0/s1. The van der Waals surface area contributed by atoms with Gasteiger partial charge < -0.3 is 19.7 Å². The summed E-state index contributed by atoms with van der Waals surface area (Å²) in [6.45, 7) is 6.28. The van der Waals surface area contributed by atoms with E-state index in [1.165, 1.54) is 12.3 Å². The predicted octanol–water partition coefficient (Wildman–Crippen LogP) is 3.98. The monoisotopic (exact) mass is 421 g/mol. The molecule has 7 nitrogen and oxygen atoms in total. The molecular formula is C20H25ClFN5O2. The highest BCUT2D eigenvalue weighted by Crippen LogP contribution is 2.32. The molecule has 29 heavy (non-hydrogen) atoms. The molecule has 0 aliphatic rings. The third-order valence-corrected chi connectivity index (χ3v) is 4.96. The second kappa shape index (κ2) is 9.02. The molecule has 0 unspecified atom stereocenters. The van der Waals surface area contributed by atoms with Crippen molar-refractivity contribution in [3.8, 4) is 11.3 Å². The number of benzene rings is 1. The summed E-state index contributed by atoms with van der Waals surface area (Å²) in [6, 6.07) is 3.07. The van der Waals surface area contributed by atoms with Gasteiger partial charge in [-0.3, -0.25) is 0 Å². The Bertz CT molecular complexity index is 1010. The number of rotatable bonds is 8. The van der Waals surface area contributed by atoms with Gasteiger partial charge in [-0.05, 0) is 39.3 Å². The van der Waals surface area contributed by atoms with Gasteiger partial charge in [0.05, 0.1) is 35.1 Å². The van der Waals surface area contributed by atoms with Crippen molar-refractivity contribution in [1.82, 2.24) is 19.5 Å². The number of anilines is 1. The zero-order valence-corrected chi connectivity index (χ0v) is 17.7. The Morgan fingerprint density at radius 3 is 2.72 bits per heavy atom. The van der Waals surface area contributed by atoms with E-state index in [4.69, 9.17) is 16.3 Å². The molecule has 0 spiro atoms. The molecule has 0 bridgehead atoms. The second-order valence-electron chi connectivity index (χ2n) is 7.14. The van der Waals surface area contributed by atoms with Crippen molar-refractivity contribution in [3.63, 3.8) is 0 Å². The van der Waals surface area contributed by atoms with Crippen LogP contribution in [-0.2, 0) is 4.74 Å². The first kappa shape index (κ1) is 21.4. The summed E-state index contributed by atoms with van der Waals surface area (Å²) in [5.74, 6) is 0.609. The van der Waals surface area contributed by atoms with Gasteiger partial charge in [-0.2, -0.15) is 0 Å². The summed E-state index contributed by atoms with van der Waals surface area (Å²) in [5.41, 5.74) is 1.95. The van der Waals surface area contributed by atoms with Crippen molar-refractivity contribution < 1.29 is 14.2 Å². The molecule has 0 aliphatic heterocycles. The number of aliphatic hydroxyl groups is 1. The van der Waals surface area contributed by atoms with Gasteiger partial charge in [-0.1, -0.05) is 11.6 Å². The number of imidazole rings is 1. The molecule has 1 atom stereocenters. The van der Waals surface area contributed by atoms with E-state index < -0.39 is 5.82 Å². The van der Waals surface area contributed by atoms with E-state index in [0.717, 1.165) is 5.82 Å². The van der Waals surface area contributed by atoms with Gasteiger partial charge in [0.25, 0.3) is 0 Å². The summed E-state index contributed by atoms with van der Waals surface area (Å²) in [6.07, 6.45) is 2.05. The van der Waals surface area contributed by atoms with Crippen LogP contribution >= 0.6 is 11.6 Å². The van der Waals surface area contributed by atoms with E-state index in [2.05, 4.69) is 20.3 Å². The Morgan fingerprint density at radius 2 is 2.07 bits per heavy atom. The lowest BCUT2D eigenvalue weighted by atomic mass is 10.1. The molecule has 156 valence electrons. The average molecular weight is 422 g/mol.